The van der Waals surface area contributed by atoms with E-state index in [1.54, 1.807) is 0 Å². The van der Waals surface area contributed by atoms with E-state index in [9.17, 15) is 13.2 Å². The molecule has 1 aromatic carbocycles. The predicted molar refractivity (Wildman–Crippen MR) is 29.1 cm³/mol. The minimum absolute atomic E-state index is 0.689. The van der Waals surface area contributed by atoms with Crippen molar-refractivity contribution >= 4 is 0 Å². The lowest BCUT2D eigenvalue weighted by Crippen LogP contribution is -2.03. The number of alkyl halides is 3. The fourth-order valence-corrected chi connectivity index (χ4v) is 0.523. The van der Waals surface area contributed by atoms with Crippen molar-refractivity contribution in [3.8, 4) is 0 Å². The molecule has 0 saturated heterocycles. The van der Waals surface area contributed by atoms with Crippen molar-refractivity contribution < 1.29 is 13.2 Å². The average Bonchev–Trinajstić information content (AvgIpc) is 1.88. The van der Waals surface area contributed by atoms with Crippen LogP contribution in [0.5, 0.6) is 0 Å². The van der Waals surface area contributed by atoms with Gasteiger partial charge in [0.05, 0.1) is 5.56 Å². The molecule has 0 aliphatic rings. The zero-order valence-corrected chi connectivity index (χ0v) is 4.87. The first-order valence-corrected chi connectivity index (χ1v) is 2.55. The minimum atomic E-state index is -4.26. The molecule has 0 aromatic heterocycles. The molecule has 0 unspecified atom stereocenters. The molecule has 1 rings (SSSR count). The average molecular weight is 144 g/mol. The molecule has 52 valence electrons. The third kappa shape index (κ3) is 1.50. The Hall–Kier alpha value is -0.990. The Morgan fingerprint density at radius 3 is 2.20 bits per heavy atom. The largest absolute Gasteiger partial charge is 0.416 e. The third-order valence-corrected chi connectivity index (χ3v) is 0.985. The van der Waals surface area contributed by atoms with Gasteiger partial charge in [-0.15, -0.1) is 0 Å². The number of hydrogen-bond acceptors (Lipinski definition) is 0. The Morgan fingerprint density at radius 2 is 1.90 bits per heavy atom. The van der Waals surface area contributed by atoms with Crippen LogP contribution in [-0.2, 0) is 6.18 Å². The summed E-state index contributed by atoms with van der Waals surface area (Å²) in [7, 11) is 0. The van der Waals surface area contributed by atoms with E-state index < -0.39 is 11.7 Å². The van der Waals surface area contributed by atoms with Crippen molar-refractivity contribution in [1.82, 2.24) is 0 Å². The Bertz CT molecular complexity index is 200. The van der Waals surface area contributed by atoms with E-state index in [-0.39, 0.29) is 0 Å². The number of rotatable bonds is 0. The topological polar surface area (TPSA) is 0 Å². The standard InChI is InChI=1S/C7H3F3/c8-7(9,10)6-4-2-1-3-5-6/h2,4-5H. The quantitative estimate of drug-likeness (QED) is 0.524. The molecule has 0 fully saturated rings. The second kappa shape index (κ2) is 2.33. The summed E-state index contributed by atoms with van der Waals surface area (Å²) in [6, 6.07) is 7.60. The molecule has 0 spiro atoms. The summed E-state index contributed by atoms with van der Waals surface area (Å²) in [5, 5.41) is 0. The second-order valence-corrected chi connectivity index (χ2v) is 1.72. The lowest BCUT2D eigenvalue weighted by molar-refractivity contribution is -0.137. The van der Waals surface area contributed by atoms with Crippen molar-refractivity contribution in [2.45, 2.75) is 6.18 Å². The van der Waals surface area contributed by atoms with E-state index in [0.717, 1.165) is 12.1 Å². The minimum Gasteiger partial charge on any atom is -0.166 e. The zero-order valence-electron chi connectivity index (χ0n) is 4.87. The summed E-state index contributed by atoms with van der Waals surface area (Å²) in [5.41, 5.74) is -0.689. The molecular weight excluding hydrogens is 141 g/mol. The van der Waals surface area contributed by atoms with Gasteiger partial charge in [-0.25, -0.2) is 0 Å². The molecule has 0 heterocycles. The molecule has 0 nitrogen and oxygen atoms in total. The summed E-state index contributed by atoms with van der Waals surface area (Å²) in [6.45, 7) is 0. The normalized spacial score (nSPS) is 11.5. The Labute approximate surface area is 56.3 Å². The Morgan fingerprint density at radius 1 is 1.20 bits per heavy atom. The van der Waals surface area contributed by atoms with Crippen molar-refractivity contribution in [2.24, 2.45) is 0 Å². The van der Waals surface area contributed by atoms with Gasteiger partial charge in [-0.3, -0.25) is 0 Å². The van der Waals surface area contributed by atoms with E-state index in [4.69, 9.17) is 0 Å². The van der Waals surface area contributed by atoms with Gasteiger partial charge in [-0.1, -0.05) is 6.07 Å². The van der Waals surface area contributed by atoms with Gasteiger partial charge in [0, 0.05) is 0 Å². The van der Waals surface area contributed by atoms with Gasteiger partial charge in [0.15, 0.2) is 0 Å². The maximum Gasteiger partial charge on any atom is 0.416 e. The molecule has 1 aromatic rings. The first-order chi connectivity index (χ1) is 4.61. The maximum atomic E-state index is 11.8. The van der Waals surface area contributed by atoms with E-state index in [1.165, 1.54) is 6.07 Å². The van der Waals surface area contributed by atoms with Crippen LogP contribution in [0.25, 0.3) is 0 Å². The van der Waals surface area contributed by atoms with Crippen molar-refractivity contribution in [2.75, 3.05) is 0 Å². The molecule has 3 heteroatoms. The summed E-state index contributed by atoms with van der Waals surface area (Å²) in [4.78, 5) is 0. The van der Waals surface area contributed by atoms with Crippen LogP contribution in [0.3, 0.4) is 0 Å². The van der Waals surface area contributed by atoms with Gasteiger partial charge in [0.2, 0.25) is 0 Å². The summed E-state index contributed by atoms with van der Waals surface area (Å²) >= 11 is 0. The highest BCUT2D eigenvalue weighted by atomic mass is 19.4. The Kier molecular flexibility index (Phi) is 1.66. The molecule has 0 aliphatic carbocycles. The summed E-state index contributed by atoms with van der Waals surface area (Å²) in [5.74, 6) is 0. The summed E-state index contributed by atoms with van der Waals surface area (Å²) < 4.78 is 35.3. The van der Waals surface area contributed by atoms with Crippen LogP contribution in [0.1, 0.15) is 5.56 Å². The van der Waals surface area contributed by atoms with Crippen LogP contribution < -0.4 is 0 Å². The van der Waals surface area contributed by atoms with Crippen LogP contribution in [0.4, 0.5) is 13.2 Å². The molecule has 10 heavy (non-hydrogen) atoms. The van der Waals surface area contributed by atoms with E-state index in [0.29, 0.717) is 0 Å². The number of benzene rings is 1. The molecule has 0 saturated carbocycles. The third-order valence-electron chi connectivity index (χ3n) is 0.985. The highest BCUT2D eigenvalue weighted by molar-refractivity contribution is 5.15. The van der Waals surface area contributed by atoms with E-state index in [1.807, 2.05) is 0 Å². The molecular formula is C7H3F3. The van der Waals surface area contributed by atoms with Crippen molar-refractivity contribution in [3.05, 3.63) is 35.9 Å². The second-order valence-electron chi connectivity index (χ2n) is 1.72. The maximum absolute atomic E-state index is 11.8. The smallest absolute Gasteiger partial charge is 0.166 e. The number of halogens is 3. The zero-order chi connectivity index (χ0) is 7.61. The molecule has 0 atom stereocenters. The van der Waals surface area contributed by atoms with Gasteiger partial charge >= 0.3 is 6.18 Å². The van der Waals surface area contributed by atoms with E-state index >= 15 is 0 Å². The molecule has 0 bridgehead atoms. The fraction of sp³-hybridized carbons (Fsp3) is 0.143. The van der Waals surface area contributed by atoms with Gasteiger partial charge in [-0.05, 0) is 24.3 Å². The van der Waals surface area contributed by atoms with Crippen LogP contribution in [0, 0.1) is 12.1 Å². The number of hydrogen-bond donors (Lipinski definition) is 0. The monoisotopic (exact) mass is 144 g/mol. The van der Waals surface area contributed by atoms with Crippen LogP contribution in [0.15, 0.2) is 18.2 Å². The molecule has 0 N–H and O–H groups in total. The lowest BCUT2D eigenvalue weighted by atomic mass is 10.2. The van der Waals surface area contributed by atoms with Crippen LogP contribution in [0.2, 0.25) is 0 Å². The van der Waals surface area contributed by atoms with Gasteiger partial charge in [-0.2, -0.15) is 13.2 Å². The molecule has 2 radical (unpaired) electrons. The van der Waals surface area contributed by atoms with Gasteiger partial charge in [0.1, 0.15) is 0 Å². The predicted octanol–water partition coefficient (Wildman–Crippen LogP) is 2.31. The fourth-order valence-electron chi connectivity index (χ4n) is 0.523. The lowest BCUT2D eigenvalue weighted by Gasteiger charge is -2.03. The SMILES string of the molecule is FC(F)(F)c1c[c][c]cc1. The van der Waals surface area contributed by atoms with Crippen molar-refractivity contribution in [3.63, 3.8) is 0 Å². The highest BCUT2D eigenvalue weighted by Gasteiger charge is 2.29. The summed E-state index contributed by atoms with van der Waals surface area (Å²) in [6.07, 6.45) is -4.26. The Balaban J connectivity index is 2.97. The molecule has 0 amide bonds. The first-order valence-electron chi connectivity index (χ1n) is 2.55. The van der Waals surface area contributed by atoms with Crippen LogP contribution in [-0.4, -0.2) is 0 Å². The van der Waals surface area contributed by atoms with Gasteiger partial charge < -0.3 is 0 Å². The molecule has 0 aliphatic heterocycles. The van der Waals surface area contributed by atoms with Crippen LogP contribution >= 0.6 is 0 Å². The van der Waals surface area contributed by atoms with Crippen molar-refractivity contribution in [1.29, 1.82) is 0 Å². The van der Waals surface area contributed by atoms with E-state index in [2.05, 4.69) is 12.1 Å². The highest BCUT2D eigenvalue weighted by Crippen LogP contribution is 2.27. The van der Waals surface area contributed by atoms with Gasteiger partial charge in [0.25, 0.3) is 0 Å². The first kappa shape index (κ1) is 7.12.